The predicted octanol–water partition coefficient (Wildman–Crippen LogP) is 3.20. The second kappa shape index (κ2) is 7.25. The van der Waals surface area contributed by atoms with Crippen LogP contribution >= 0.6 is 11.3 Å². The number of carbonyl (C=O) groups excluding carboxylic acids is 1. The second-order valence-corrected chi connectivity index (χ2v) is 7.23. The van der Waals surface area contributed by atoms with Crippen LogP contribution < -0.4 is 10.2 Å². The number of hydrogen-bond donors (Lipinski definition) is 1. The molecule has 3 rings (SSSR count). The van der Waals surface area contributed by atoms with Gasteiger partial charge < -0.3 is 10.2 Å². The lowest BCUT2D eigenvalue weighted by atomic mass is 9.86. The number of hydrogen-bond acceptors (Lipinski definition) is 4. The van der Waals surface area contributed by atoms with E-state index in [2.05, 4.69) is 15.2 Å². The zero-order valence-corrected chi connectivity index (χ0v) is 13.4. The number of anilines is 1. The van der Waals surface area contributed by atoms with Gasteiger partial charge in [0.2, 0.25) is 5.91 Å². The van der Waals surface area contributed by atoms with Crippen molar-refractivity contribution in [2.45, 2.75) is 57.4 Å². The van der Waals surface area contributed by atoms with E-state index in [1.54, 1.807) is 11.3 Å². The van der Waals surface area contributed by atoms with E-state index in [1.807, 2.05) is 11.6 Å². The molecule has 1 N–H and O–H groups in total. The van der Waals surface area contributed by atoms with Crippen LogP contribution in [0.4, 0.5) is 5.13 Å². The molecular weight excluding hydrogens is 282 g/mol. The first-order valence-corrected chi connectivity index (χ1v) is 9.13. The van der Waals surface area contributed by atoms with Gasteiger partial charge in [0.05, 0.1) is 0 Å². The predicted molar refractivity (Wildman–Crippen MR) is 86.7 cm³/mol. The second-order valence-electron chi connectivity index (χ2n) is 6.36. The fraction of sp³-hybridized carbons (Fsp3) is 0.750. The van der Waals surface area contributed by atoms with E-state index < -0.39 is 0 Å². The van der Waals surface area contributed by atoms with Crippen molar-refractivity contribution in [1.29, 1.82) is 0 Å². The molecule has 1 aromatic rings. The highest BCUT2D eigenvalue weighted by atomic mass is 32.1. The number of amides is 1. The summed E-state index contributed by atoms with van der Waals surface area (Å²) < 4.78 is 0. The lowest BCUT2D eigenvalue weighted by Gasteiger charge is -2.21. The van der Waals surface area contributed by atoms with Crippen molar-refractivity contribution >= 4 is 22.4 Å². The Morgan fingerprint density at radius 3 is 2.95 bits per heavy atom. The van der Waals surface area contributed by atoms with Crippen LogP contribution in [0.1, 0.15) is 51.4 Å². The summed E-state index contributed by atoms with van der Waals surface area (Å²) in [5.74, 6) is 1.03. The molecule has 0 aromatic carbocycles. The summed E-state index contributed by atoms with van der Waals surface area (Å²) in [6.45, 7) is 1.91. The number of rotatable bonds is 5. The first kappa shape index (κ1) is 14.8. The smallest absolute Gasteiger partial charge is 0.220 e. The van der Waals surface area contributed by atoms with Gasteiger partial charge in [-0.1, -0.05) is 32.1 Å². The molecule has 2 fully saturated rings. The average Bonchev–Trinajstić information content (AvgIpc) is 3.17. The molecule has 21 heavy (non-hydrogen) atoms. The van der Waals surface area contributed by atoms with Crippen LogP contribution in [0.3, 0.4) is 0 Å². The normalized spacial score (nSPS) is 23.4. The number of thiazole rings is 1. The lowest BCUT2D eigenvalue weighted by Crippen LogP contribution is -2.37. The van der Waals surface area contributed by atoms with Crippen LogP contribution in [0.25, 0.3) is 0 Å². The molecule has 0 spiro atoms. The summed E-state index contributed by atoms with van der Waals surface area (Å²) in [6, 6.07) is 0.299. The Hall–Kier alpha value is -1.10. The van der Waals surface area contributed by atoms with Crippen molar-refractivity contribution in [2.75, 3.05) is 18.0 Å². The summed E-state index contributed by atoms with van der Waals surface area (Å²) >= 11 is 1.67. The van der Waals surface area contributed by atoms with Gasteiger partial charge in [-0.05, 0) is 18.8 Å². The Bertz CT molecular complexity index is 442. The van der Waals surface area contributed by atoms with Gasteiger partial charge in [-0.2, -0.15) is 0 Å². The van der Waals surface area contributed by atoms with Crippen LogP contribution in [-0.2, 0) is 4.79 Å². The molecule has 1 saturated carbocycles. The first-order valence-electron chi connectivity index (χ1n) is 8.25. The first-order chi connectivity index (χ1) is 10.3. The highest BCUT2D eigenvalue weighted by molar-refractivity contribution is 7.13. The molecule has 1 saturated heterocycles. The third kappa shape index (κ3) is 4.19. The summed E-state index contributed by atoms with van der Waals surface area (Å²) in [4.78, 5) is 18.7. The maximum absolute atomic E-state index is 12.1. The van der Waals surface area contributed by atoms with E-state index >= 15 is 0 Å². The molecule has 0 bridgehead atoms. The molecule has 1 atom stereocenters. The van der Waals surface area contributed by atoms with Gasteiger partial charge >= 0.3 is 0 Å². The largest absolute Gasteiger partial charge is 0.352 e. The Morgan fingerprint density at radius 2 is 2.19 bits per heavy atom. The fourth-order valence-corrected chi connectivity index (χ4v) is 4.21. The monoisotopic (exact) mass is 307 g/mol. The van der Waals surface area contributed by atoms with Gasteiger partial charge in [0.25, 0.3) is 0 Å². The molecule has 1 aromatic heterocycles. The number of aromatic nitrogens is 1. The molecule has 1 amide bonds. The topological polar surface area (TPSA) is 45.2 Å². The fourth-order valence-electron chi connectivity index (χ4n) is 3.53. The van der Waals surface area contributed by atoms with Gasteiger partial charge in [-0.3, -0.25) is 4.79 Å². The Kier molecular flexibility index (Phi) is 5.12. The third-order valence-electron chi connectivity index (χ3n) is 4.75. The van der Waals surface area contributed by atoms with Gasteiger partial charge in [-0.25, -0.2) is 4.98 Å². The minimum atomic E-state index is 0.242. The quantitative estimate of drug-likeness (QED) is 0.908. The molecule has 1 aliphatic heterocycles. The Balaban J connectivity index is 1.37. The molecular formula is C16H25N3OS. The molecule has 2 aliphatic rings. The summed E-state index contributed by atoms with van der Waals surface area (Å²) in [5.41, 5.74) is 0. The minimum absolute atomic E-state index is 0.242. The highest BCUT2D eigenvalue weighted by Gasteiger charge is 2.25. The van der Waals surface area contributed by atoms with Crippen molar-refractivity contribution in [3.63, 3.8) is 0 Å². The van der Waals surface area contributed by atoms with Crippen molar-refractivity contribution in [3.8, 4) is 0 Å². The van der Waals surface area contributed by atoms with E-state index in [-0.39, 0.29) is 5.91 Å². The molecule has 4 nitrogen and oxygen atoms in total. The van der Waals surface area contributed by atoms with Crippen LogP contribution in [-0.4, -0.2) is 30.0 Å². The van der Waals surface area contributed by atoms with Crippen molar-refractivity contribution in [2.24, 2.45) is 5.92 Å². The summed E-state index contributed by atoms with van der Waals surface area (Å²) in [6.07, 6.45) is 11.4. The standard InChI is InChI=1S/C16H25N3OS/c20-15(7-6-13-4-2-1-3-5-13)18-14-8-10-19(12-14)16-17-9-11-21-16/h9,11,13-14H,1-8,10,12H2,(H,18,20). The maximum Gasteiger partial charge on any atom is 0.220 e. The van der Waals surface area contributed by atoms with E-state index in [0.29, 0.717) is 12.5 Å². The number of carbonyl (C=O) groups is 1. The van der Waals surface area contributed by atoms with Crippen LogP contribution in [0, 0.1) is 5.92 Å². The number of nitrogens with zero attached hydrogens (tertiary/aromatic N) is 2. The summed E-state index contributed by atoms with van der Waals surface area (Å²) in [7, 11) is 0. The average molecular weight is 307 g/mol. The molecule has 116 valence electrons. The van der Waals surface area contributed by atoms with Crippen molar-refractivity contribution in [1.82, 2.24) is 10.3 Å². The molecule has 1 aliphatic carbocycles. The molecule has 5 heteroatoms. The van der Waals surface area contributed by atoms with E-state index in [0.717, 1.165) is 37.0 Å². The zero-order chi connectivity index (χ0) is 14.5. The lowest BCUT2D eigenvalue weighted by molar-refractivity contribution is -0.122. The van der Waals surface area contributed by atoms with Crippen LogP contribution in [0.5, 0.6) is 0 Å². The van der Waals surface area contributed by atoms with Gasteiger partial charge in [-0.15, -0.1) is 11.3 Å². The highest BCUT2D eigenvalue weighted by Crippen LogP contribution is 2.27. The minimum Gasteiger partial charge on any atom is -0.352 e. The van der Waals surface area contributed by atoms with E-state index in [9.17, 15) is 4.79 Å². The molecule has 1 unspecified atom stereocenters. The summed E-state index contributed by atoms with van der Waals surface area (Å²) in [5, 5.41) is 6.29. The third-order valence-corrected chi connectivity index (χ3v) is 5.58. The van der Waals surface area contributed by atoms with Crippen LogP contribution in [0.2, 0.25) is 0 Å². The Morgan fingerprint density at radius 1 is 1.33 bits per heavy atom. The van der Waals surface area contributed by atoms with E-state index in [1.165, 1.54) is 32.1 Å². The van der Waals surface area contributed by atoms with Gasteiger partial charge in [0.1, 0.15) is 0 Å². The van der Waals surface area contributed by atoms with E-state index in [4.69, 9.17) is 0 Å². The van der Waals surface area contributed by atoms with Crippen LogP contribution in [0.15, 0.2) is 11.6 Å². The zero-order valence-electron chi connectivity index (χ0n) is 12.6. The number of nitrogens with one attached hydrogen (secondary N) is 1. The Labute approximate surface area is 130 Å². The van der Waals surface area contributed by atoms with Crippen molar-refractivity contribution < 1.29 is 4.79 Å². The molecule has 2 heterocycles. The molecule has 0 radical (unpaired) electrons. The van der Waals surface area contributed by atoms with Gasteiger partial charge in [0.15, 0.2) is 5.13 Å². The van der Waals surface area contributed by atoms with Crippen molar-refractivity contribution in [3.05, 3.63) is 11.6 Å². The van der Waals surface area contributed by atoms with Gasteiger partial charge in [0, 0.05) is 37.1 Å². The maximum atomic E-state index is 12.1. The SMILES string of the molecule is O=C(CCC1CCCCC1)NC1CCN(c2nccs2)C1.